The predicted molar refractivity (Wildman–Crippen MR) is 101 cm³/mol. The Kier molecular flexibility index (Phi) is 5.83. The van der Waals surface area contributed by atoms with Crippen LogP contribution in [0.5, 0.6) is 0 Å². The Morgan fingerprint density at radius 2 is 2.12 bits per heavy atom. The average Bonchev–Trinajstić information content (AvgIpc) is 2.65. The number of aliphatic hydroxyl groups excluding tert-OH is 1. The first kappa shape index (κ1) is 18.3. The van der Waals surface area contributed by atoms with Crippen molar-refractivity contribution >= 4 is 11.7 Å². The summed E-state index contributed by atoms with van der Waals surface area (Å²) in [5.74, 6) is 1.49. The number of carbonyl (C=O) groups excluding carboxylic acids is 1. The summed E-state index contributed by atoms with van der Waals surface area (Å²) in [6.45, 7) is 5.20. The third kappa shape index (κ3) is 4.19. The number of carbonyl (C=O) groups is 1. The Labute approximate surface area is 154 Å². The van der Waals surface area contributed by atoms with Crippen LogP contribution in [0.3, 0.4) is 0 Å². The largest absolute Gasteiger partial charge is 0.389 e. The van der Waals surface area contributed by atoms with Crippen molar-refractivity contribution in [3.05, 3.63) is 53.5 Å². The number of nitrogens with one attached hydrogen (secondary N) is 1. The minimum Gasteiger partial charge on any atom is -0.389 e. The van der Waals surface area contributed by atoms with Crippen LogP contribution in [0.2, 0.25) is 0 Å². The lowest BCUT2D eigenvalue weighted by Crippen LogP contribution is -2.54. The van der Waals surface area contributed by atoms with Gasteiger partial charge >= 0.3 is 0 Å². The minimum absolute atomic E-state index is 0.146. The standard InChI is InChI=1S/C20H26N4O2/c1-3-7-16-12-21-14(2)22-19(16)24-11-10-17(18(25)13-24)23-20(26)15-8-5-4-6-9-15/h4-6,8-9,12,17-18,25H,3,7,10-11,13H2,1-2H3,(H,23,26)/t17-,18-/m1/s1. The van der Waals surface area contributed by atoms with E-state index in [-0.39, 0.29) is 11.9 Å². The molecule has 0 unspecified atom stereocenters. The fourth-order valence-electron chi connectivity index (χ4n) is 3.34. The van der Waals surface area contributed by atoms with Crippen molar-refractivity contribution in [3.63, 3.8) is 0 Å². The number of hydrogen-bond acceptors (Lipinski definition) is 5. The van der Waals surface area contributed by atoms with Gasteiger partial charge in [-0.1, -0.05) is 31.5 Å². The molecule has 2 heterocycles. The summed E-state index contributed by atoms with van der Waals surface area (Å²) in [5, 5.41) is 13.5. The Hall–Kier alpha value is -2.47. The predicted octanol–water partition coefficient (Wildman–Crippen LogP) is 2.11. The van der Waals surface area contributed by atoms with E-state index in [0.717, 1.165) is 36.6 Å². The molecule has 1 fully saturated rings. The molecule has 0 spiro atoms. The summed E-state index contributed by atoms with van der Waals surface area (Å²) in [6.07, 6.45) is 3.86. The molecular weight excluding hydrogens is 328 g/mol. The number of anilines is 1. The number of aryl methyl sites for hydroxylation is 2. The monoisotopic (exact) mass is 354 g/mol. The van der Waals surface area contributed by atoms with Crippen molar-refractivity contribution in [2.75, 3.05) is 18.0 Å². The molecule has 6 heteroatoms. The third-order valence-corrected chi connectivity index (χ3v) is 4.72. The second kappa shape index (κ2) is 8.27. The van der Waals surface area contributed by atoms with Crippen molar-refractivity contribution in [1.82, 2.24) is 15.3 Å². The first-order valence-corrected chi connectivity index (χ1v) is 9.20. The molecule has 26 heavy (non-hydrogen) atoms. The smallest absolute Gasteiger partial charge is 0.251 e. The molecule has 6 nitrogen and oxygen atoms in total. The fourth-order valence-corrected chi connectivity index (χ4v) is 3.34. The summed E-state index contributed by atoms with van der Waals surface area (Å²) in [5.41, 5.74) is 1.72. The SMILES string of the molecule is CCCc1cnc(C)nc1N1CC[C@@H](NC(=O)c2ccccc2)[C@H](O)C1. The molecule has 1 aromatic heterocycles. The van der Waals surface area contributed by atoms with Gasteiger partial charge in [-0.3, -0.25) is 4.79 Å². The second-order valence-electron chi connectivity index (χ2n) is 6.76. The van der Waals surface area contributed by atoms with Crippen LogP contribution in [0.1, 0.15) is 41.5 Å². The fraction of sp³-hybridized carbons (Fsp3) is 0.450. The van der Waals surface area contributed by atoms with Gasteiger partial charge in [0.15, 0.2) is 0 Å². The maximum atomic E-state index is 12.3. The molecule has 0 radical (unpaired) electrons. The van der Waals surface area contributed by atoms with E-state index in [1.54, 1.807) is 12.1 Å². The molecule has 0 aliphatic carbocycles. The number of aliphatic hydroxyl groups is 1. The first-order chi connectivity index (χ1) is 12.6. The second-order valence-corrected chi connectivity index (χ2v) is 6.76. The summed E-state index contributed by atoms with van der Waals surface area (Å²) in [6, 6.07) is 8.84. The van der Waals surface area contributed by atoms with Crippen LogP contribution in [-0.2, 0) is 6.42 Å². The number of piperidine rings is 1. The van der Waals surface area contributed by atoms with E-state index in [1.165, 1.54) is 0 Å². The van der Waals surface area contributed by atoms with E-state index < -0.39 is 6.10 Å². The summed E-state index contributed by atoms with van der Waals surface area (Å²) in [4.78, 5) is 23.3. The van der Waals surface area contributed by atoms with Crippen LogP contribution in [0.25, 0.3) is 0 Å². The van der Waals surface area contributed by atoms with Crippen molar-refractivity contribution < 1.29 is 9.90 Å². The molecule has 0 saturated carbocycles. The van der Waals surface area contributed by atoms with E-state index in [4.69, 9.17) is 0 Å². The van der Waals surface area contributed by atoms with Crippen LogP contribution in [0.4, 0.5) is 5.82 Å². The zero-order chi connectivity index (χ0) is 18.5. The molecule has 2 N–H and O–H groups in total. The topological polar surface area (TPSA) is 78.4 Å². The van der Waals surface area contributed by atoms with Crippen molar-refractivity contribution in [1.29, 1.82) is 0 Å². The van der Waals surface area contributed by atoms with Gasteiger partial charge in [0.25, 0.3) is 5.91 Å². The van der Waals surface area contributed by atoms with Crippen LogP contribution in [-0.4, -0.2) is 46.2 Å². The number of aromatic nitrogens is 2. The number of β-amino-alcohol motifs (C(OH)–C–C–N with tert-alkyl or cyclic N) is 1. The van der Waals surface area contributed by atoms with E-state index in [1.807, 2.05) is 31.3 Å². The Balaban J connectivity index is 1.67. The van der Waals surface area contributed by atoms with Crippen molar-refractivity contribution in [2.24, 2.45) is 0 Å². The third-order valence-electron chi connectivity index (χ3n) is 4.72. The van der Waals surface area contributed by atoms with E-state index in [9.17, 15) is 9.90 Å². The maximum absolute atomic E-state index is 12.3. The van der Waals surface area contributed by atoms with Gasteiger partial charge in [-0.15, -0.1) is 0 Å². The van der Waals surface area contributed by atoms with E-state index >= 15 is 0 Å². The molecular formula is C20H26N4O2. The molecule has 1 saturated heterocycles. The lowest BCUT2D eigenvalue weighted by atomic mass is 10.0. The summed E-state index contributed by atoms with van der Waals surface area (Å²) < 4.78 is 0. The van der Waals surface area contributed by atoms with Crippen LogP contribution < -0.4 is 10.2 Å². The van der Waals surface area contributed by atoms with Gasteiger partial charge in [-0.25, -0.2) is 9.97 Å². The molecule has 2 aromatic rings. The average molecular weight is 354 g/mol. The molecule has 1 aromatic carbocycles. The lowest BCUT2D eigenvalue weighted by molar-refractivity contribution is 0.0797. The first-order valence-electron chi connectivity index (χ1n) is 9.20. The van der Waals surface area contributed by atoms with E-state index in [0.29, 0.717) is 18.5 Å². The molecule has 3 rings (SSSR count). The Morgan fingerprint density at radius 1 is 1.35 bits per heavy atom. The van der Waals surface area contributed by atoms with Gasteiger partial charge in [0.1, 0.15) is 11.6 Å². The van der Waals surface area contributed by atoms with Crippen LogP contribution >= 0.6 is 0 Å². The maximum Gasteiger partial charge on any atom is 0.251 e. The van der Waals surface area contributed by atoms with Crippen LogP contribution in [0.15, 0.2) is 36.5 Å². The van der Waals surface area contributed by atoms with Crippen molar-refractivity contribution in [2.45, 2.75) is 45.3 Å². The van der Waals surface area contributed by atoms with Gasteiger partial charge in [-0.2, -0.15) is 0 Å². The molecule has 2 atom stereocenters. The lowest BCUT2D eigenvalue weighted by Gasteiger charge is -2.37. The molecule has 1 aliphatic heterocycles. The number of amides is 1. The van der Waals surface area contributed by atoms with Gasteiger partial charge in [0.05, 0.1) is 12.1 Å². The zero-order valence-corrected chi connectivity index (χ0v) is 15.4. The number of rotatable bonds is 5. The van der Waals surface area contributed by atoms with Gasteiger partial charge in [-0.05, 0) is 31.9 Å². The molecule has 1 amide bonds. The van der Waals surface area contributed by atoms with Gasteiger partial charge in [0.2, 0.25) is 0 Å². The Morgan fingerprint density at radius 3 is 2.81 bits per heavy atom. The van der Waals surface area contributed by atoms with Gasteiger partial charge < -0.3 is 15.3 Å². The number of benzene rings is 1. The van der Waals surface area contributed by atoms with Gasteiger partial charge in [0, 0.05) is 30.4 Å². The Bertz CT molecular complexity index is 751. The van der Waals surface area contributed by atoms with Crippen LogP contribution in [0, 0.1) is 6.92 Å². The molecule has 0 bridgehead atoms. The number of nitrogens with zero attached hydrogens (tertiary/aromatic N) is 3. The highest BCUT2D eigenvalue weighted by Crippen LogP contribution is 2.23. The molecule has 1 aliphatic rings. The highest BCUT2D eigenvalue weighted by Gasteiger charge is 2.30. The van der Waals surface area contributed by atoms with Crippen molar-refractivity contribution in [3.8, 4) is 0 Å². The normalized spacial score (nSPS) is 20.0. The zero-order valence-electron chi connectivity index (χ0n) is 15.4. The minimum atomic E-state index is -0.638. The highest BCUT2D eigenvalue weighted by molar-refractivity contribution is 5.94. The highest BCUT2D eigenvalue weighted by atomic mass is 16.3. The molecule has 138 valence electrons. The quantitative estimate of drug-likeness (QED) is 0.860. The van der Waals surface area contributed by atoms with E-state index in [2.05, 4.69) is 27.1 Å². The summed E-state index contributed by atoms with van der Waals surface area (Å²) >= 11 is 0. The summed E-state index contributed by atoms with van der Waals surface area (Å²) in [7, 11) is 0. The number of hydrogen-bond donors (Lipinski definition) is 2.